The maximum absolute atomic E-state index is 10.4. The summed E-state index contributed by atoms with van der Waals surface area (Å²) in [6.07, 6.45) is 9.86. The fourth-order valence-electron chi connectivity index (χ4n) is 2.34. The summed E-state index contributed by atoms with van der Waals surface area (Å²) < 4.78 is 1.97. The Hall–Kier alpha value is -1.32. The summed E-state index contributed by atoms with van der Waals surface area (Å²) in [5, 5.41) is 12.9. The van der Waals surface area contributed by atoms with Crippen LogP contribution in [0.3, 0.4) is 0 Å². The third-order valence-corrected chi connectivity index (χ3v) is 3.23. The highest BCUT2D eigenvalue weighted by molar-refractivity contribution is 5.67. The van der Waals surface area contributed by atoms with Gasteiger partial charge in [-0.3, -0.25) is 9.48 Å². The molecule has 1 heterocycles. The van der Waals surface area contributed by atoms with E-state index in [9.17, 15) is 4.79 Å². The molecule has 16 heavy (non-hydrogen) atoms. The van der Waals surface area contributed by atoms with Crippen LogP contribution < -0.4 is 0 Å². The van der Waals surface area contributed by atoms with Crippen LogP contribution in [0, 0.1) is 5.92 Å². The third kappa shape index (κ3) is 3.08. The van der Waals surface area contributed by atoms with Crippen LogP contribution in [-0.4, -0.2) is 20.9 Å². The molecule has 1 N–H and O–H groups in total. The first-order chi connectivity index (χ1) is 7.74. The number of nitrogens with zero attached hydrogens (tertiary/aromatic N) is 2. The van der Waals surface area contributed by atoms with Gasteiger partial charge in [-0.05, 0) is 30.7 Å². The average Bonchev–Trinajstić information content (AvgIpc) is 2.87. The van der Waals surface area contributed by atoms with Gasteiger partial charge in [-0.15, -0.1) is 0 Å². The predicted octanol–water partition coefficient (Wildman–Crippen LogP) is 2.09. The lowest BCUT2D eigenvalue weighted by molar-refractivity contribution is -0.136. The number of aromatic nitrogens is 2. The first-order valence-corrected chi connectivity index (χ1v) is 5.97. The van der Waals surface area contributed by atoms with E-state index in [0.29, 0.717) is 6.42 Å². The first-order valence-electron chi connectivity index (χ1n) is 5.97. The number of rotatable bonds is 5. The molecule has 1 aromatic rings. The van der Waals surface area contributed by atoms with Crippen molar-refractivity contribution >= 4 is 5.97 Å². The molecule has 0 bridgehead atoms. The van der Waals surface area contributed by atoms with Crippen LogP contribution in [0.15, 0.2) is 12.4 Å². The van der Waals surface area contributed by atoms with Crippen molar-refractivity contribution in [2.24, 2.45) is 5.92 Å². The molecule has 1 saturated carbocycles. The molecular formula is C12H18N2O2. The van der Waals surface area contributed by atoms with Crippen molar-refractivity contribution in [3.05, 3.63) is 18.0 Å². The van der Waals surface area contributed by atoms with E-state index in [-0.39, 0.29) is 6.42 Å². The van der Waals surface area contributed by atoms with Gasteiger partial charge < -0.3 is 5.11 Å². The lowest BCUT2D eigenvalue weighted by atomic mass is 10.1. The molecule has 1 fully saturated rings. The summed E-state index contributed by atoms with van der Waals surface area (Å²) in [5.74, 6) is 0.0239. The largest absolute Gasteiger partial charge is 0.481 e. The Kier molecular flexibility index (Phi) is 3.59. The summed E-state index contributed by atoms with van der Waals surface area (Å²) in [4.78, 5) is 10.4. The summed E-state index contributed by atoms with van der Waals surface area (Å²) >= 11 is 0. The molecule has 4 nitrogen and oxygen atoms in total. The Morgan fingerprint density at radius 2 is 2.25 bits per heavy atom. The van der Waals surface area contributed by atoms with Gasteiger partial charge in [0.05, 0.1) is 6.20 Å². The van der Waals surface area contributed by atoms with Crippen LogP contribution in [0.4, 0.5) is 0 Å². The smallest absolute Gasteiger partial charge is 0.303 e. The van der Waals surface area contributed by atoms with E-state index in [0.717, 1.165) is 18.0 Å². The second-order valence-corrected chi connectivity index (χ2v) is 4.61. The predicted molar refractivity (Wildman–Crippen MR) is 60.1 cm³/mol. The van der Waals surface area contributed by atoms with E-state index >= 15 is 0 Å². The van der Waals surface area contributed by atoms with Crippen molar-refractivity contribution in [1.82, 2.24) is 9.78 Å². The SMILES string of the molecule is O=C(O)CCc1cnn(CC2CCCC2)c1. The first kappa shape index (κ1) is 11.2. The van der Waals surface area contributed by atoms with Gasteiger partial charge in [-0.2, -0.15) is 5.10 Å². The highest BCUT2D eigenvalue weighted by Gasteiger charge is 2.15. The molecule has 0 atom stereocenters. The summed E-state index contributed by atoms with van der Waals surface area (Å²) in [6, 6.07) is 0. The lowest BCUT2D eigenvalue weighted by Crippen LogP contribution is -2.07. The Morgan fingerprint density at radius 1 is 1.50 bits per heavy atom. The highest BCUT2D eigenvalue weighted by Crippen LogP contribution is 2.25. The Bertz CT molecular complexity index is 354. The summed E-state index contributed by atoms with van der Waals surface area (Å²) in [6.45, 7) is 0.993. The van der Waals surface area contributed by atoms with Gasteiger partial charge in [-0.1, -0.05) is 12.8 Å². The number of hydrogen-bond acceptors (Lipinski definition) is 2. The van der Waals surface area contributed by atoms with E-state index in [4.69, 9.17) is 5.11 Å². The number of hydrogen-bond donors (Lipinski definition) is 1. The minimum atomic E-state index is -0.747. The fraction of sp³-hybridized carbons (Fsp3) is 0.667. The molecule has 0 amide bonds. The number of carbonyl (C=O) groups is 1. The lowest BCUT2D eigenvalue weighted by Gasteiger charge is -2.07. The standard InChI is InChI=1S/C12H18N2O2/c15-12(16)6-5-11-7-13-14(9-11)8-10-3-1-2-4-10/h7,9-10H,1-6,8H2,(H,15,16). The Morgan fingerprint density at radius 3 is 2.94 bits per heavy atom. The maximum atomic E-state index is 10.4. The fourth-order valence-corrected chi connectivity index (χ4v) is 2.34. The normalized spacial score (nSPS) is 16.8. The number of aliphatic carboxylic acids is 1. The van der Waals surface area contributed by atoms with Crippen LogP contribution in [0.1, 0.15) is 37.7 Å². The van der Waals surface area contributed by atoms with Crippen molar-refractivity contribution in [3.8, 4) is 0 Å². The molecule has 1 aromatic heterocycles. The summed E-state index contributed by atoms with van der Waals surface area (Å²) in [5.41, 5.74) is 1.03. The third-order valence-electron chi connectivity index (χ3n) is 3.23. The molecular weight excluding hydrogens is 204 g/mol. The van der Waals surface area contributed by atoms with Gasteiger partial charge in [0.15, 0.2) is 0 Å². The van der Waals surface area contributed by atoms with Gasteiger partial charge in [0.2, 0.25) is 0 Å². The second-order valence-electron chi connectivity index (χ2n) is 4.61. The molecule has 1 aliphatic rings. The molecule has 0 spiro atoms. The van der Waals surface area contributed by atoms with Crippen LogP contribution >= 0.6 is 0 Å². The minimum absolute atomic E-state index is 0.190. The average molecular weight is 222 g/mol. The Balaban J connectivity index is 1.84. The number of carboxylic acids is 1. The second kappa shape index (κ2) is 5.14. The zero-order valence-corrected chi connectivity index (χ0v) is 9.43. The van der Waals surface area contributed by atoms with Gasteiger partial charge in [0.1, 0.15) is 0 Å². The van der Waals surface area contributed by atoms with E-state index < -0.39 is 5.97 Å². The highest BCUT2D eigenvalue weighted by atomic mass is 16.4. The van der Waals surface area contributed by atoms with Crippen molar-refractivity contribution in [1.29, 1.82) is 0 Å². The zero-order chi connectivity index (χ0) is 11.4. The van der Waals surface area contributed by atoms with Crippen molar-refractivity contribution in [2.45, 2.75) is 45.1 Å². The van der Waals surface area contributed by atoms with E-state index in [1.807, 2.05) is 10.9 Å². The van der Waals surface area contributed by atoms with Crippen LogP contribution in [0.2, 0.25) is 0 Å². The molecule has 0 saturated heterocycles. The molecule has 0 aromatic carbocycles. The molecule has 88 valence electrons. The van der Waals surface area contributed by atoms with Gasteiger partial charge in [0.25, 0.3) is 0 Å². The van der Waals surface area contributed by atoms with Crippen molar-refractivity contribution in [2.75, 3.05) is 0 Å². The molecule has 0 aliphatic heterocycles. The summed E-state index contributed by atoms with van der Waals surface area (Å²) in [7, 11) is 0. The van der Waals surface area contributed by atoms with Crippen molar-refractivity contribution < 1.29 is 9.90 Å². The molecule has 4 heteroatoms. The van der Waals surface area contributed by atoms with Gasteiger partial charge in [0, 0.05) is 19.2 Å². The Labute approximate surface area is 95.3 Å². The van der Waals surface area contributed by atoms with E-state index in [2.05, 4.69) is 5.10 Å². The number of carboxylic acid groups (broad SMARTS) is 1. The van der Waals surface area contributed by atoms with E-state index in [1.54, 1.807) is 6.20 Å². The molecule has 1 aliphatic carbocycles. The monoisotopic (exact) mass is 222 g/mol. The van der Waals surface area contributed by atoms with Crippen LogP contribution in [-0.2, 0) is 17.8 Å². The molecule has 2 rings (SSSR count). The van der Waals surface area contributed by atoms with Crippen LogP contribution in [0.5, 0.6) is 0 Å². The van der Waals surface area contributed by atoms with Gasteiger partial charge in [-0.25, -0.2) is 0 Å². The van der Waals surface area contributed by atoms with Crippen molar-refractivity contribution in [3.63, 3.8) is 0 Å². The molecule has 0 unspecified atom stereocenters. The zero-order valence-electron chi connectivity index (χ0n) is 9.43. The van der Waals surface area contributed by atoms with Gasteiger partial charge >= 0.3 is 5.97 Å². The minimum Gasteiger partial charge on any atom is -0.481 e. The van der Waals surface area contributed by atoms with Crippen LogP contribution in [0.25, 0.3) is 0 Å². The van der Waals surface area contributed by atoms with E-state index in [1.165, 1.54) is 25.7 Å². The quantitative estimate of drug-likeness (QED) is 0.830. The number of aryl methyl sites for hydroxylation is 1. The maximum Gasteiger partial charge on any atom is 0.303 e. The molecule has 0 radical (unpaired) electrons. The topological polar surface area (TPSA) is 55.1 Å².